The van der Waals surface area contributed by atoms with Gasteiger partial charge in [-0.1, -0.05) is 42.3 Å². The van der Waals surface area contributed by atoms with Gasteiger partial charge in [-0.15, -0.1) is 0 Å². The second-order valence-corrected chi connectivity index (χ2v) is 8.74. The Labute approximate surface area is 187 Å². The number of fused-ring (bicyclic) bond motifs is 3. The number of para-hydroxylation sites is 1. The monoisotopic (exact) mass is 439 g/mol. The lowest BCUT2D eigenvalue weighted by Gasteiger charge is -2.30. The van der Waals surface area contributed by atoms with Gasteiger partial charge in [0, 0.05) is 11.5 Å². The van der Waals surface area contributed by atoms with E-state index in [-0.39, 0.29) is 17.8 Å². The van der Waals surface area contributed by atoms with Crippen LogP contribution in [-0.2, 0) is 19.1 Å². The van der Waals surface area contributed by atoms with E-state index in [1.54, 1.807) is 12.1 Å². The van der Waals surface area contributed by atoms with E-state index in [1.807, 2.05) is 25.1 Å². The number of carbonyl (C=O) groups is 3. The Kier molecular flexibility index (Phi) is 6.20. The van der Waals surface area contributed by atoms with Crippen molar-refractivity contribution >= 4 is 24.0 Å². The molecule has 0 spiro atoms. The molecule has 1 aliphatic carbocycles. The number of methoxy groups -OCH3 is 1. The maximum Gasteiger partial charge on any atom is 0.423 e. The van der Waals surface area contributed by atoms with Crippen molar-refractivity contribution in [2.45, 2.75) is 45.6 Å². The number of hydrogen-bond donors (Lipinski definition) is 1. The third kappa shape index (κ3) is 3.75. The zero-order valence-corrected chi connectivity index (χ0v) is 18.7. The van der Waals surface area contributed by atoms with E-state index in [2.05, 4.69) is 11.7 Å². The Bertz CT molecular complexity index is 1010. The van der Waals surface area contributed by atoms with Crippen LogP contribution in [0.4, 0.5) is 4.79 Å². The Balaban J connectivity index is 1.51. The van der Waals surface area contributed by atoms with Crippen LogP contribution in [-0.4, -0.2) is 47.7 Å². The van der Waals surface area contributed by atoms with E-state index >= 15 is 0 Å². The summed E-state index contributed by atoms with van der Waals surface area (Å²) in [7, 11) is 1.17. The van der Waals surface area contributed by atoms with E-state index in [4.69, 9.17) is 4.74 Å². The van der Waals surface area contributed by atoms with Crippen LogP contribution in [0.3, 0.4) is 0 Å². The van der Waals surface area contributed by atoms with Gasteiger partial charge in [0.15, 0.2) is 0 Å². The molecule has 0 unspecified atom stereocenters. The van der Waals surface area contributed by atoms with Gasteiger partial charge in [-0.2, -0.15) is 4.90 Å². The SMILES string of the molecule is CC/C(=C\c1ccccc1O)CC[C@H]1OC[C@H]2C1=C(C)C[C@H]1C(=O)N(C(=O)OC)C(=O)[C@H]12. The topological polar surface area (TPSA) is 93.1 Å². The predicted molar refractivity (Wildman–Crippen MR) is 117 cm³/mol. The number of allylic oxidation sites excluding steroid dienone is 2. The normalized spacial score (nSPS) is 27.6. The maximum absolute atomic E-state index is 12.9. The van der Waals surface area contributed by atoms with Gasteiger partial charge in [0.05, 0.1) is 31.7 Å². The molecule has 170 valence electrons. The van der Waals surface area contributed by atoms with Gasteiger partial charge in [0.25, 0.3) is 0 Å². The van der Waals surface area contributed by atoms with Gasteiger partial charge in [-0.25, -0.2) is 4.79 Å². The molecule has 4 rings (SSSR count). The van der Waals surface area contributed by atoms with Crippen LogP contribution in [0.15, 0.2) is 41.0 Å². The molecule has 0 aromatic heterocycles. The van der Waals surface area contributed by atoms with Gasteiger partial charge in [-0.05, 0) is 44.2 Å². The third-order valence-corrected chi connectivity index (χ3v) is 6.99. The highest BCUT2D eigenvalue weighted by Gasteiger charge is 2.58. The molecule has 0 bridgehead atoms. The summed E-state index contributed by atoms with van der Waals surface area (Å²) in [5.41, 5.74) is 4.18. The number of ether oxygens (including phenoxy) is 2. The smallest absolute Gasteiger partial charge is 0.423 e. The number of amides is 3. The highest BCUT2D eigenvalue weighted by atomic mass is 16.5. The van der Waals surface area contributed by atoms with Crippen LogP contribution in [0.1, 0.15) is 45.1 Å². The number of phenolic OH excluding ortho intramolecular Hbond substituents is 1. The molecule has 1 aromatic carbocycles. The Morgan fingerprint density at radius 2 is 2.00 bits per heavy atom. The molecule has 2 saturated heterocycles. The van der Waals surface area contributed by atoms with Crippen molar-refractivity contribution in [2.24, 2.45) is 17.8 Å². The van der Waals surface area contributed by atoms with Crippen molar-refractivity contribution in [1.82, 2.24) is 4.90 Å². The molecule has 2 aliphatic heterocycles. The van der Waals surface area contributed by atoms with Crippen molar-refractivity contribution in [3.8, 4) is 5.75 Å². The van der Waals surface area contributed by atoms with Crippen molar-refractivity contribution in [3.05, 3.63) is 46.5 Å². The zero-order valence-electron chi connectivity index (χ0n) is 18.7. The lowest BCUT2D eigenvalue weighted by Crippen LogP contribution is -2.37. The van der Waals surface area contributed by atoms with Crippen molar-refractivity contribution in [1.29, 1.82) is 0 Å². The van der Waals surface area contributed by atoms with E-state index < -0.39 is 29.7 Å². The van der Waals surface area contributed by atoms with Crippen LogP contribution < -0.4 is 0 Å². The molecule has 3 amide bonds. The van der Waals surface area contributed by atoms with Crippen LogP contribution in [0.2, 0.25) is 0 Å². The number of hydrogen-bond acceptors (Lipinski definition) is 6. The molecule has 7 heteroatoms. The first kappa shape index (κ1) is 22.3. The predicted octanol–water partition coefficient (Wildman–Crippen LogP) is 4.07. The van der Waals surface area contributed by atoms with Crippen molar-refractivity contribution in [2.75, 3.05) is 13.7 Å². The average Bonchev–Trinajstić information content (AvgIpc) is 3.31. The van der Waals surface area contributed by atoms with Crippen LogP contribution in [0.5, 0.6) is 5.75 Å². The Morgan fingerprint density at radius 1 is 1.25 bits per heavy atom. The van der Waals surface area contributed by atoms with Gasteiger partial charge >= 0.3 is 6.09 Å². The number of benzene rings is 1. The largest absolute Gasteiger partial charge is 0.507 e. The van der Waals surface area contributed by atoms with Gasteiger partial charge in [0.2, 0.25) is 11.8 Å². The van der Waals surface area contributed by atoms with E-state index in [1.165, 1.54) is 12.7 Å². The summed E-state index contributed by atoms with van der Waals surface area (Å²) < 4.78 is 10.8. The fourth-order valence-electron chi connectivity index (χ4n) is 5.40. The molecular weight excluding hydrogens is 410 g/mol. The molecule has 0 saturated carbocycles. The number of carbonyl (C=O) groups excluding carboxylic acids is 3. The molecule has 2 fully saturated rings. The van der Waals surface area contributed by atoms with Gasteiger partial charge in [0.1, 0.15) is 5.75 Å². The molecule has 1 N–H and O–H groups in total. The van der Waals surface area contributed by atoms with Crippen LogP contribution in [0, 0.1) is 17.8 Å². The van der Waals surface area contributed by atoms with Crippen molar-refractivity contribution in [3.63, 3.8) is 0 Å². The molecule has 7 nitrogen and oxygen atoms in total. The number of phenols is 1. The number of likely N-dealkylation sites (tertiary alicyclic amines) is 1. The first-order chi connectivity index (χ1) is 15.4. The Hall–Kier alpha value is -2.93. The second-order valence-electron chi connectivity index (χ2n) is 8.74. The summed E-state index contributed by atoms with van der Waals surface area (Å²) in [4.78, 5) is 38.3. The quantitative estimate of drug-likeness (QED) is 0.549. The molecule has 32 heavy (non-hydrogen) atoms. The number of aromatic hydroxyl groups is 1. The maximum atomic E-state index is 12.9. The van der Waals surface area contributed by atoms with Gasteiger partial charge < -0.3 is 14.6 Å². The lowest BCUT2D eigenvalue weighted by molar-refractivity contribution is -0.137. The second kappa shape index (κ2) is 8.90. The lowest BCUT2D eigenvalue weighted by atomic mass is 9.70. The van der Waals surface area contributed by atoms with E-state index in [0.29, 0.717) is 17.9 Å². The summed E-state index contributed by atoms with van der Waals surface area (Å²) in [6, 6.07) is 7.26. The summed E-state index contributed by atoms with van der Waals surface area (Å²) in [6.07, 6.45) is 3.87. The highest BCUT2D eigenvalue weighted by molar-refractivity contribution is 6.16. The minimum absolute atomic E-state index is 0.115. The van der Waals surface area contributed by atoms with Crippen molar-refractivity contribution < 1.29 is 29.0 Å². The molecule has 3 aliphatic rings. The third-order valence-electron chi connectivity index (χ3n) is 6.99. The number of rotatable bonds is 5. The molecule has 4 atom stereocenters. The zero-order chi connectivity index (χ0) is 23.0. The minimum atomic E-state index is -0.911. The summed E-state index contributed by atoms with van der Waals surface area (Å²) in [6.45, 7) is 4.46. The van der Waals surface area contributed by atoms with E-state index in [0.717, 1.165) is 36.0 Å². The highest BCUT2D eigenvalue weighted by Crippen LogP contribution is 2.49. The fourth-order valence-corrected chi connectivity index (χ4v) is 5.40. The minimum Gasteiger partial charge on any atom is -0.507 e. The van der Waals surface area contributed by atoms with Crippen LogP contribution >= 0.6 is 0 Å². The van der Waals surface area contributed by atoms with Gasteiger partial charge in [-0.3, -0.25) is 9.59 Å². The van der Waals surface area contributed by atoms with E-state index in [9.17, 15) is 19.5 Å². The first-order valence-electron chi connectivity index (χ1n) is 11.1. The molecular formula is C25H29NO6. The summed E-state index contributed by atoms with van der Waals surface area (Å²) in [5.74, 6) is -1.95. The number of imide groups is 3. The first-order valence-corrected chi connectivity index (χ1v) is 11.1. The van der Waals surface area contributed by atoms with Crippen LogP contribution in [0.25, 0.3) is 6.08 Å². The number of nitrogens with zero attached hydrogens (tertiary/aromatic N) is 1. The molecule has 1 aromatic rings. The Morgan fingerprint density at radius 3 is 2.69 bits per heavy atom. The summed E-state index contributed by atoms with van der Waals surface area (Å²) in [5, 5.41) is 10.1. The standard InChI is InChI=1S/C25H29NO6/c1-4-15(12-16-7-5-6-8-19(16)27)9-10-20-21-14(2)11-17-22(18(21)13-32-20)24(29)26(23(17)28)25(30)31-3/h5-8,12,17-18,20,22,27H,4,9-11,13H2,1-3H3/b15-12+/t17-,18+,20-,22-/m1/s1. The molecule has 0 radical (unpaired) electrons. The summed E-state index contributed by atoms with van der Waals surface area (Å²) >= 11 is 0. The fraction of sp³-hybridized carbons (Fsp3) is 0.480. The average molecular weight is 440 g/mol. The molecule has 2 heterocycles.